The van der Waals surface area contributed by atoms with E-state index in [2.05, 4.69) is 26.1 Å². The molecule has 0 saturated heterocycles. The predicted molar refractivity (Wildman–Crippen MR) is 54.8 cm³/mol. The van der Waals surface area contributed by atoms with Gasteiger partial charge in [-0.05, 0) is 41.4 Å². The maximum atomic E-state index is 5.05. The minimum Gasteiger partial charge on any atom is -0.333 e. The fourth-order valence-corrected chi connectivity index (χ4v) is 2.42. The maximum Gasteiger partial charge on any atom is 0.268 e. The molecule has 0 radical (unpaired) electrons. The van der Waals surface area contributed by atoms with Crippen molar-refractivity contribution >= 4 is 27.3 Å². The van der Waals surface area contributed by atoms with Crippen molar-refractivity contribution in [3.05, 3.63) is 21.2 Å². The second kappa shape index (κ2) is 3.23. The summed E-state index contributed by atoms with van der Waals surface area (Å²) in [6.07, 6.45) is 0. The lowest BCUT2D eigenvalue weighted by molar-refractivity contribution is 0.426. The van der Waals surface area contributed by atoms with Crippen LogP contribution in [0.25, 0.3) is 10.8 Å². The summed E-state index contributed by atoms with van der Waals surface area (Å²) >= 11 is 5.05. The minimum atomic E-state index is 0.594. The lowest BCUT2D eigenvalue weighted by Crippen LogP contribution is -1.72. The lowest BCUT2D eigenvalue weighted by atomic mass is 10.3. The molecule has 0 fully saturated rings. The highest BCUT2D eigenvalue weighted by Crippen LogP contribution is 2.33. The molecule has 2 aromatic rings. The Morgan fingerprint density at radius 1 is 1.46 bits per heavy atom. The highest BCUT2D eigenvalue weighted by molar-refractivity contribution is 9.11. The van der Waals surface area contributed by atoms with Crippen LogP contribution in [-0.2, 0) is 0 Å². The van der Waals surface area contributed by atoms with Crippen LogP contribution in [0.2, 0.25) is 0 Å². The maximum absolute atomic E-state index is 5.05. The molecule has 0 unspecified atom stereocenters. The van der Waals surface area contributed by atoms with E-state index in [0.717, 1.165) is 8.66 Å². The molecule has 2 rings (SSSR count). The van der Waals surface area contributed by atoms with Gasteiger partial charge in [0.15, 0.2) is 5.82 Å². The molecule has 0 saturated carbocycles. The number of hydrogen-bond acceptors (Lipinski definition) is 4. The molecule has 13 heavy (non-hydrogen) atoms. The van der Waals surface area contributed by atoms with E-state index in [4.69, 9.17) is 4.52 Å². The van der Waals surface area contributed by atoms with Gasteiger partial charge in [0.1, 0.15) is 0 Å². The van der Waals surface area contributed by atoms with Gasteiger partial charge in [0.25, 0.3) is 5.89 Å². The summed E-state index contributed by atoms with van der Waals surface area (Å²) in [5.41, 5.74) is 1.19. The van der Waals surface area contributed by atoms with Crippen LogP contribution in [0.5, 0.6) is 0 Å². The van der Waals surface area contributed by atoms with E-state index in [-0.39, 0.29) is 0 Å². The highest BCUT2D eigenvalue weighted by Gasteiger charge is 2.10. The molecule has 0 aliphatic heterocycles. The van der Waals surface area contributed by atoms with E-state index in [9.17, 15) is 0 Å². The van der Waals surface area contributed by atoms with Crippen molar-refractivity contribution in [2.24, 2.45) is 0 Å². The normalized spacial score (nSPS) is 10.7. The van der Waals surface area contributed by atoms with E-state index in [1.165, 1.54) is 5.56 Å². The molecule has 0 spiro atoms. The fraction of sp³-hybridized carbons (Fsp3) is 0.250. The van der Waals surface area contributed by atoms with Gasteiger partial charge in [0.2, 0.25) is 0 Å². The summed E-state index contributed by atoms with van der Waals surface area (Å²) in [5.74, 6) is 1.26. The topological polar surface area (TPSA) is 38.9 Å². The van der Waals surface area contributed by atoms with Crippen LogP contribution in [-0.4, -0.2) is 10.1 Å². The third-order valence-corrected chi connectivity index (χ3v) is 3.72. The number of aryl methyl sites for hydroxylation is 2. The van der Waals surface area contributed by atoms with Crippen molar-refractivity contribution in [3.63, 3.8) is 0 Å². The number of aromatic nitrogens is 2. The van der Waals surface area contributed by atoms with Crippen molar-refractivity contribution in [1.82, 2.24) is 10.1 Å². The van der Waals surface area contributed by atoms with Crippen molar-refractivity contribution in [3.8, 4) is 10.8 Å². The number of nitrogens with zero attached hydrogens (tertiary/aromatic N) is 2. The van der Waals surface area contributed by atoms with Crippen LogP contribution in [0.1, 0.15) is 11.4 Å². The van der Waals surface area contributed by atoms with Crippen molar-refractivity contribution in [2.45, 2.75) is 13.8 Å². The van der Waals surface area contributed by atoms with Crippen LogP contribution in [0.4, 0.5) is 0 Å². The van der Waals surface area contributed by atoms with Crippen LogP contribution in [0.15, 0.2) is 14.4 Å². The van der Waals surface area contributed by atoms with Gasteiger partial charge in [0, 0.05) is 0 Å². The third kappa shape index (κ3) is 1.66. The van der Waals surface area contributed by atoms with Crippen molar-refractivity contribution in [1.29, 1.82) is 0 Å². The average molecular weight is 259 g/mol. The summed E-state index contributed by atoms with van der Waals surface area (Å²) < 4.78 is 6.16. The first-order valence-electron chi connectivity index (χ1n) is 3.73. The Hall–Kier alpha value is -0.680. The first-order chi connectivity index (χ1) is 6.16. The first-order valence-corrected chi connectivity index (χ1v) is 5.34. The van der Waals surface area contributed by atoms with Crippen LogP contribution >= 0.6 is 27.3 Å². The standard InChI is InChI=1S/C8H7BrN2OS/c1-4-3-6(13-7(4)9)8-10-5(2)11-12-8/h3H,1-2H3. The Morgan fingerprint density at radius 3 is 2.69 bits per heavy atom. The zero-order valence-corrected chi connectivity index (χ0v) is 9.57. The molecule has 0 aliphatic rings. The minimum absolute atomic E-state index is 0.594. The first kappa shape index (κ1) is 8.90. The third-order valence-electron chi connectivity index (χ3n) is 1.60. The Balaban J connectivity index is 2.46. The molecule has 0 amide bonds. The molecule has 0 bridgehead atoms. The molecule has 0 aromatic carbocycles. The number of rotatable bonds is 1. The zero-order valence-electron chi connectivity index (χ0n) is 7.17. The second-order valence-corrected chi connectivity index (χ2v) is 5.08. The van der Waals surface area contributed by atoms with Gasteiger partial charge in [0.05, 0.1) is 8.66 Å². The lowest BCUT2D eigenvalue weighted by Gasteiger charge is -1.81. The number of thiophene rings is 1. The van der Waals surface area contributed by atoms with Crippen LogP contribution in [0, 0.1) is 13.8 Å². The average Bonchev–Trinajstić information content (AvgIpc) is 2.61. The van der Waals surface area contributed by atoms with E-state index in [1.807, 2.05) is 19.9 Å². The Bertz CT molecular complexity index is 416. The van der Waals surface area contributed by atoms with Crippen molar-refractivity contribution < 1.29 is 4.52 Å². The zero-order chi connectivity index (χ0) is 9.42. The van der Waals surface area contributed by atoms with E-state index >= 15 is 0 Å². The van der Waals surface area contributed by atoms with Crippen LogP contribution in [0.3, 0.4) is 0 Å². The van der Waals surface area contributed by atoms with Gasteiger partial charge in [-0.15, -0.1) is 11.3 Å². The van der Waals surface area contributed by atoms with Gasteiger partial charge in [-0.2, -0.15) is 4.98 Å². The summed E-state index contributed by atoms with van der Waals surface area (Å²) in [6, 6.07) is 2.03. The Kier molecular flexibility index (Phi) is 2.21. The monoisotopic (exact) mass is 258 g/mol. The summed E-state index contributed by atoms with van der Waals surface area (Å²) in [4.78, 5) is 5.15. The van der Waals surface area contributed by atoms with Gasteiger partial charge in [-0.3, -0.25) is 0 Å². The van der Waals surface area contributed by atoms with Crippen molar-refractivity contribution in [2.75, 3.05) is 0 Å². The smallest absolute Gasteiger partial charge is 0.268 e. The molecule has 3 nitrogen and oxygen atoms in total. The highest BCUT2D eigenvalue weighted by atomic mass is 79.9. The quantitative estimate of drug-likeness (QED) is 0.789. The predicted octanol–water partition coefficient (Wildman–Crippen LogP) is 3.18. The van der Waals surface area contributed by atoms with Gasteiger partial charge < -0.3 is 4.52 Å². The molecule has 68 valence electrons. The summed E-state index contributed by atoms with van der Waals surface area (Å²) in [7, 11) is 0. The van der Waals surface area contributed by atoms with Gasteiger partial charge in [-0.1, -0.05) is 5.16 Å². The molecule has 2 heterocycles. The summed E-state index contributed by atoms with van der Waals surface area (Å²) in [6.45, 7) is 3.84. The fourth-order valence-electron chi connectivity index (χ4n) is 0.962. The molecular formula is C8H7BrN2OS. The van der Waals surface area contributed by atoms with Gasteiger partial charge >= 0.3 is 0 Å². The number of halogens is 1. The molecule has 0 aliphatic carbocycles. The molecule has 5 heteroatoms. The molecule has 2 aromatic heterocycles. The SMILES string of the molecule is Cc1noc(-c2cc(C)c(Br)s2)n1. The van der Waals surface area contributed by atoms with E-state index < -0.39 is 0 Å². The molecular weight excluding hydrogens is 252 g/mol. The van der Waals surface area contributed by atoms with E-state index in [1.54, 1.807) is 11.3 Å². The Labute approximate surface area is 87.9 Å². The number of hydrogen-bond donors (Lipinski definition) is 0. The van der Waals surface area contributed by atoms with Gasteiger partial charge in [-0.25, -0.2) is 0 Å². The Morgan fingerprint density at radius 2 is 2.23 bits per heavy atom. The largest absolute Gasteiger partial charge is 0.333 e. The van der Waals surface area contributed by atoms with E-state index in [0.29, 0.717) is 11.7 Å². The summed E-state index contributed by atoms with van der Waals surface area (Å²) in [5, 5.41) is 3.74. The molecule has 0 atom stereocenters. The molecule has 0 N–H and O–H groups in total. The van der Waals surface area contributed by atoms with Crippen LogP contribution < -0.4 is 0 Å². The second-order valence-electron chi connectivity index (χ2n) is 2.71.